The minimum atomic E-state index is -0.271. The molecule has 0 unspecified atom stereocenters. The number of nitrogens with zero attached hydrogens (tertiary/aromatic N) is 4. The Labute approximate surface area is 123 Å². The molecule has 0 amide bonds. The Morgan fingerprint density at radius 3 is 2.52 bits per heavy atom. The third-order valence-electron chi connectivity index (χ3n) is 3.61. The minimum absolute atomic E-state index is 0.251. The molecule has 7 nitrogen and oxygen atoms in total. The average molecular weight is 293 g/mol. The molecule has 0 saturated carbocycles. The third-order valence-corrected chi connectivity index (χ3v) is 3.61. The van der Waals surface area contributed by atoms with Gasteiger partial charge in [-0.25, -0.2) is 9.78 Å². The maximum Gasteiger partial charge on any atom is 0.332 e. The van der Waals surface area contributed by atoms with E-state index in [4.69, 9.17) is 5.73 Å². The van der Waals surface area contributed by atoms with E-state index in [1.165, 1.54) is 4.57 Å². The Bertz CT molecular complexity index is 725. The van der Waals surface area contributed by atoms with Crippen LogP contribution in [0, 0.1) is 0 Å². The van der Waals surface area contributed by atoms with Crippen molar-refractivity contribution < 1.29 is 0 Å². The summed E-state index contributed by atoms with van der Waals surface area (Å²) in [7, 11) is 0. The molecule has 0 atom stereocenters. The van der Waals surface area contributed by atoms with Crippen LogP contribution >= 0.6 is 0 Å². The molecule has 2 N–H and O–H groups in total. The van der Waals surface area contributed by atoms with E-state index in [9.17, 15) is 9.59 Å². The first-order chi connectivity index (χ1) is 10.2. The van der Waals surface area contributed by atoms with Gasteiger partial charge in [-0.2, -0.15) is 0 Å². The van der Waals surface area contributed by atoms with Crippen LogP contribution in [0.5, 0.6) is 0 Å². The molecule has 0 aliphatic heterocycles. The van der Waals surface area contributed by atoms with Gasteiger partial charge in [0.2, 0.25) is 0 Å². The average Bonchev–Trinajstić information content (AvgIpc) is 2.91. The molecule has 0 saturated heterocycles. The second-order valence-electron chi connectivity index (χ2n) is 5.09. The Morgan fingerprint density at radius 2 is 1.90 bits per heavy atom. The summed E-state index contributed by atoms with van der Waals surface area (Å²) in [5.41, 5.74) is 5.96. The zero-order valence-electron chi connectivity index (χ0n) is 12.7. The normalized spacial score (nSPS) is 11.4. The third kappa shape index (κ3) is 2.78. The first-order valence-electron chi connectivity index (χ1n) is 7.54. The van der Waals surface area contributed by atoms with Gasteiger partial charge in [0, 0.05) is 19.6 Å². The highest BCUT2D eigenvalue weighted by Crippen LogP contribution is 2.07. The molecule has 2 aromatic rings. The summed E-state index contributed by atoms with van der Waals surface area (Å²) in [5.74, 6) is 0. The number of unbranched alkanes of at least 4 members (excludes halogenated alkanes) is 1. The Kier molecular flexibility index (Phi) is 4.95. The number of hydrogen-bond donors (Lipinski definition) is 1. The predicted octanol–water partition coefficient (Wildman–Crippen LogP) is 0.528. The molecule has 2 aromatic heterocycles. The van der Waals surface area contributed by atoms with Crippen LogP contribution < -0.4 is 17.0 Å². The van der Waals surface area contributed by atoms with E-state index in [1.54, 1.807) is 15.5 Å². The van der Waals surface area contributed by atoms with E-state index in [0.717, 1.165) is 19.3 Å². The van der Waals surface area contributed by atoms with Gasteiger partial charge in [-0.15, -0.1) is 0 Å². The van der Waals surface area contributed by atoms with Crippen LogP contribution in [-0.4, -0.2) is 25.2 Å². The lowest BCUT2D eigenvalue weighted by atomic mass is 10.3. The lowest BCUT2D eigenvalue weighted by Gasteiger charge is -2.11. The topological polar surface area (TPSA) is 87.8 Å². The predicted molar refractivity (Wildman–Crippen MR) is 82.5 cm³/mol. The molecule has 0 spiro atoms. The lowest BCUT2D eigenvalue weighted by Crippen LogP contribution is -2.40. The van der Waals surface area contributed by atoms with E-state index < -0.39 is 0 Å². The van der Waals surface area contributed by atoms with Crippen molar-refractivity contribution in [3.63, 3.8) is 0 Å². The smallest absolute Gasteiger partial charge is 0.330 e. The quantitative estimate of drug-likeness (QED) is 0.754. The summed E-state index contributed by atoms with van der Waals surface area (Å²) in [6.07, 6.45) is 3.96. The van der Waals surface area contributed by atoms with E-state index in [0.29, 0.717) is 37.3 Å². The van der Waals surface area contributed by atoms with Crippen molar-refractivity contribution in [2.24, 2.45) is 5.73 Å². The molecular formula is C14H23N5O2. The second kappa shape index (κ2) is 6.71. The number of nitrogens with two attached hydrogens (primary N) is 1. The van der Waals surface area contributed by atoms with Crippen molar-refractivity contribution in [1.29, 1.82) is 0 Å². The Balaban J connectivity index is 2.66. The summed E-state index contributed by atoms with van der Waals surface area (Å²) < 4.78 is 4.72. The van der Waals surface area contributed by atoms with Gasteiger partial charge in [-0.3, -0.25) is 13.9 Å². The monoisotopic (exact) mass is 293 g/mol. The maximum atomic E-state index is 12.6. The van der Waals surface area contributed by atoms with Crippen molar-refractivity contribution in [3.8, 4) is 0 Å². The second-order valence-corrected chi connectivity index (χ2v) is 5.09. The number of aryl methyl sites for hydroxylation is 2. The molecular weight excluding hydrogens is 270 g/mol. The van der Waals surface area contributed by atoms with E-state index in [-0.39, 0.29) is 11.2 Å². The SMILES string of the molecule is CCCn1c(=O)n(CCCCN)c(=O)c2c1ncn2CC. The molecule has 0 aromatic carbocycles. The highest BCUT2D eigenvalue weighted by molar-refractivity contribution is 5.70. The highest BCUT2D eigenvalue weighted by Gasteiger charge is 2.16. The molecule has 21 heavy (non-hydrogen) atoms. The van der Waals surface area contributed by atoms with E-state index in [2.05, 4.69) is 4.98 Å². The molecule has 0 bridgehead atoms. The summed E-state index contributed by atoms with van der Waals surface area (Å²) in [6, 6.07) is 0. The van der Waals surface area contributed by atoms with Gasteiger partial charge in [-0.05, 0) is 32.7 Å². The number of imidazole rings is 1. The summed E-state index contributed by atoms with van der Waals surface area (Å²) in [4.78, 5) is 29.4. The van der Waals surface area contributed by atoms with Crippen molar-refractivity contribution in [3.05, 3.63) is 27.2 Å². The van der Waals surface area contributed by atoms with Crippen LogP contribution in [0.15, 0.2) is 15.9 Å². The first kappa shape index (κ1) is 15.5. The molecule has 0 aliphatic carbocycles. The molecule has 0 fully saturated rings. The zero-order chi connectivity index (χ0) is 15.4. The summed E-state index contributed by atoms with van der Waals surface area (Å²) >= 11 is 0. The van der Waals surface area contributed by atoms with Gasteiger partial charge in [0.25, 0.3) is 5.56 Å². The van der Waals surface area contributed by atoms with Gasteiger partial charge in [-0.1, -0.05) is 6.92 Å². The zero-order valence-corrected chi connectivity index (χ0v) is 12.7. The van der Waals surface area contributed by atoms with Crippen molar-refractivity contribution in [2.45, 2.75) is 52.7 Å². The number of hydrogen-bond acceptors (Lipinski definition) is 4. The van der Waals surface area contributed by atoms with E-state index in [1.807, 2.05) is 13.8 Å². The molecule has 2 heterocycles. The van der Waals surface area contributed by atoms with Crippen molar-refractivity contribution in [1.82, 2.24) is 18.7 Å². The number of rotatable bonds is 7. The summed E-state index contributed by atoms with van der Waals surface area (Å²) in [6.45, 7) is 6.14. The summed E-state index contributed by atoms with van der Waals surface area (Å²) in [5, 5.41) is 0. The van der Waals surface area contributed by atoms with Gasteiger partial charge in [0.15, 0.2) is 11.2 Å². The molecule has 0 radical (unpaired) electrons. The van der Waals surface area contributed by atoms with E-state index >= 15 is 0 Å². The van der Waals surface area contributed by atoms with Crippen LogP contribution in [0.3, 0.4) is 0 Å². The van der Waals surface area contributed by atoms with Crippen molar-refractivity contribution >= 4 is 11.2 Å². The van der Waals surface area contributed by atoms with Crippen molar-refractivity contribution in [2.75, 3.05) is 6.54 Å². The fourth-order valence-electron chi connectivity index (χ4n) is 2.52. The maximum absolute atomic E-state index is 12.6. The fraction of sp³-hybridized carbons (Fsp3) is 0.643. The van der Waals surface area contributed by atoms with Crippen LogP contribution in [-0.2, 0) is 19.6 Å². The molecule has 0 aliphatic rings. The van der Waals surface area contributed by atoms with Crippen LogP contribution in [0.2, 0.25) is 0 Å². The number of fused-ring (bicyclic) bond motifs is 1. The molecule has 7 heteroatoms. The number of aromatic nitrogens is 4. The minimum Gasteiger partial charge on any atom is -0.330 e. The highest BCUT2D eigenvalue weighted by atomic mass is 16.2. The molecule has 2 rings (SSSR count). The van der Waals surface area contributed by atoms with Crippen LogP contribution in [0.1, 0.15) is 33.1 Å². The van der Waals surface area contributed by atoms with Gasteiger partial charge < -0.3 is 10.3 Å². The van der Waals surface area contributed by atoms with Gasteiger partial charge in [0.05, 0.1) is 6.33 Å². The lowest BCUT2D eigenvalue weighted by molar-refractivity contribution is 0.532. The van der Waals surface area contributed by atoms with Crippen LogP contribution in [0.4, 0.5) is 0 Å². The first-order valence-corrected chi connectivity index (χ1v) is 7.54. The van der Waals surface area contributed by atoms with Gasteiger partial charge >= 0.3 is 5.69 Å². The molecule has 116 valence electrons. The Hall–Kier alpha value is -1.89. The van der Waals surface area contributed by atoms with Crippen LogP contribution in [0.25, 0.3) is 11.2 Å². The standard InChI is InChI=1S/C14H23N5O2/c1-3-8-18-12-11(17(4-2)10-16-12)13(20)19(14(18)21)9-6-5-7-15/h10H,3-9,15H2,1-2H3. The fourth-order valence-corrected chi connectivity index (χ4v) is 2.52. The Morgan fingerprint density at radius 1 is 1.14 bits per heavy atom. The largest absolute Gasteiger partial charge is 0.332 e. The van der Waals surface area contributed by atoms with Gasteiger partial charge in [0.1, 0.15) is 0 Å².